The van der Waals surface area contributed by atoms with Crippen LogP contribution in [0.15, 0.2) is 18.3 Å². The topological polar surface area (TPSA) is 102 Å². The SMILES string of the molecule is Cc1cc(NC(=O)N2CNc3c(ccn3C3(C)CC3)C2=N)n[nH]1. The molecule has 120 valence electrons. The second-order valence-corrected chi connectivity index (χ2v) is 6.42. The molecule has 1 aliphatic carbocycles. The number of carbonyl (C=O) groups excluding carboxylic acids is 1. The summed E-state index contributed by atoms with van der Waals surface area (Å²) in [6, 6.07) is 3.27. The van der Waals surface area contributed by atoms with E-state index in [0.29, 0.717) is 5.82 Å². The summed E-state index contributed by atoms with van der Waals surface area (Å²) in [6.07, 6.45) is 4.29. The maximum absolute atomic E-state index is 12.4. The number of H-pyrrole nitrogens is 1. The van der Waals surface area contributed by atoms with Gasteiger partial charge in [0.1, 0.15) is 11.7 Å². The number of hydrogen-bond acceptors (Lipinski definition) is 4. The molecule has 23 heavy (non-hydrogen) atoms. The molecule has 2 aromatic rings. The Morgan fingerprint density at radius 2 is 2.26 bits per heavy atom. The summed E-state index contributed by atoms with van der Waals surface area (Å²) < 4.78 is 2.18. The molecule has 8 nitrogen and oxygen atoms in total. The first-order valence-corrected chi connectivity index (χ1v) is 7.63. The Kier molecular flexibility index (Phi) is 2.78. The number of hydrogen-bond donors (Lipinski definition) is 4. The minimum atomic E-state index is -0.370. The van der Waals surface area contributed by atoms with Gasteiger partial charge in [0.05, 0.1) is 12.2 Å². The zero-order valence-electron chi connectivity index (χ0n) is 13.1. The van der Waals surface area contributed by atoms with Gasteiger partial charge in [-0.1, -0.05) is 0 Å². The van der Waals surface area contributed by atoms with Crippen LogP contribution in [0.25, 0.3) is 0 Å². The molecule has 4 rings (SSSR count). The van der Waals surface area contributed by atoms with E-state index in [1.54, 1.807) is 6.07 Å². The number of anilines is 2. The normalized spacial score (nSPS) is 18.3. The van der Waals surface area contributed by atoms with Gasteiger partial charge in [-0.15, -0.1) is 0 Å². The van der Waals surface area contributed by atoms with Crippen LogP contribution in [0.4, 0.5) is 16.4 Å². The predicted molar refractivity (Wildman–Crippen MR) is 86.8 cm³/mol. The molecular weight excluding hydrogens is 294 g/mol. The molecule has 0 aromatic carbocycles. The highest BCUT2D eigenvalue weighted by molar-refractivity contribution is 6.12. The summed E-state index contributed by atoms with van der Waals surface area (Å²) in [4.78, 5) is 13.8. The van der Waals surface area contributed by atoms with E-state index in [-0.39, 0.29) is 24.1 Å². The molecule has 0 saturated heterocycles. The lowest BCUT2D eigenvalue weighted by atomic mass is 10.2. The number of nitrogens with zero attached hydrogens (tertiary/aromatic N) is 3. The van der Waals surface area contributed by atoms with E-state index in [1.165, 1.54) is 4.90 Å². The van der Waals surface area contributed by atoms with Crippen molar-refractivity contribution >= 4 is 23.5 Å². The lowest BCUT2D eigenvalue weighted by Crippen LogP contribution is -2.46. The number of aryl methyl sites for hydroxylation is 1. The summed E-state index contributed by atoms with van der Waals surface area (Å²) in [5.41, 5.74) is 1.76. The van der Waals surface area contributed by atoms with Crippen molar-refractivity contribution in [3.63, 3.8) is 0 Å². The van der Waals surface area contributed by atoms with E-state index in [1.807, 2.05) is 19.2 Å². The van der Waals surface area contributed by atoms with Crippen molar-refractivity contribution < 1.29 is 4.79 Å². The van der Waals surface area contributed by atoms with Gasteiger partial charge in [0.25, 0.3) is 0 Å². The van der Waals surface area contributed by atoms with Crippen molar-refractivity contribution in [2.45, 2.75) is 32.2 Å². The van der Waals surface area contributed by atoms with Crippen LogP contribution < -0.4 is 10.6 Å². The van der Waals surface area contributed by atoms with Gasteiger partial charge in [-0.25, -0.2) is 4.79 Å². The van der Waals surface area contributed by atoms with E-state index >= 15 is 0 Å². The number of carbonyl (C=O) groups is 1. The number of amidine groups is 1. The highest BCUT2D eigenvalue weighted by Crippen LogP contribution is 2.46. The van der Waals surface area contributed by atoms with Gasteiger partial charge in [0, 0.05) is 23.5 Å². The zero-order chi connectivity index (χ0) is 16.2. The molecule has 1 fully saturated rings. The summed E-state index contributed by atoms with van der Waals surface area (Å²) in [7, 11) is 0. The Bertz CT molecular complexity index is 799. The van der Waals surface area contributed by atoms with E-state index in [0.717, 1.165) is 29.9 Å². The van der Waals surface area contributed by atoms with E-state index in [9.17, 15) is 4.79 Å². The molecular formula is C15H19N7O. The molecule has 8 heteroatoms. The van der Waals surface area contributed by atoms with Gasteiger partial charge < -0.3 is 9.88 Å². The maximum atomic E-state index is 12.4. The zero-order valence-corrected chi connectivity index (χ0v) is 13.1. The Balaban J connectivity index is 1.55. The Morgan fingerprint density at radius 3 is 2.91 bits per heavy atom. The summed E-state index contributed by atoms with van der Waals surface area (Å²) >= 11 is 0. The summed E-state index contributed by atoms with van der Waals surface area (Å²) in [5, 5.41) is 21.1. The Labute approximate surface area is 133 Å². The van der Waals surface area contributed by atoms with Crippen LogP contribution in [0.5, 0.6) is 0 Å². The molecule has 3 heterocycles. The van der Waals surface area contributed by atoms with E-state index in [2.05, 4.69) is 32.3 Å². The minimum Gasteiger partial charge on any atom is -0.353 e. The van der Waals surface area contributed by atoms with Gasteiger partial charge in [-0.3, -0.25) is 20.7 Å². The van der Waals surface area contributed by atoms with Gasteiger partial charge in [0.15, 0.2) is 5.82 Å². The summed E-state index contributed by atoms with van der Waals surface area (Å²) in [5.74, 6) is 1.58. The second-order valence-electron chi connectivity index (χ2n) is 6.42. The number of aromatic nitrogens is 3. The lowest BCUT2D eigenvalue weighted by Gasteiger charge is -2.30. The molecule has 2 aromatic heterocycles. The number of urea groups is 1. The highest BCUT2D eigenvalue weighted by atomic mass is 16.2. The van der Waals surface area contributed by atoms with Crippen LogP contribution in [0.1, 0.15) is 31.0 Å². The lowest BCUT2D eigenvalue weighted by molar-refractivity contribution is 0.235. The third-order valence-corrected chi connectivity index (χ3v) is 4.56. The largest absolute Gasteiger partial charge is 0.353 e. The minimum absolute atomic E-state index is 0.151. The maximum Gasteiger partial charge on any atom is 0.330 e. The van der Waals surface area contributed by atoms with Gasteiger partial charge in [0.2, 0.25) is 0 Å². The number of rotatable bonds is 2. The van der Waals surface area contributed by atoms with Gasteiger partial charge >= 0.3 is 6.03 Å². The standard InChI is InChI=1S/C15H19N7O/c1-9-7-11(20-19-9)18-14(23)21-8-17-13-10(12(21)16)3-6-22(13)15(2)4-5-15/h3,6-7,16-17H,4-5,8H2,1-2H3,(H2,18,19,20,23). The quantitative estimate of drug-likeness (QED) is 0.684. The van der Waals surface area contributed by atoms with Crippen LogP contribution in [0, 0.1) is 12.3 Å². The molecule has 0 bridgehead atoms. The van der Waals surface area contributed by atoms with Crippen LogP contribution in [0.2, 0.25) is 0 Å². The molecule has 0 radical (unpaired) electrons. The van der Waals surface area contributed by atoms with E-state index < -0.39 is 0 Å². The number of aromatic amines is 1. The second kappa shape index (κ2) is 4.61. The fraction of sp³-hybridized carbons (Fsp3) is 0.400. The third-order valence-electron chi connectivity index (χ3n) is 4.56. The van der Waals surface area contributed by atoms with Gasteiger partial charge in [-0.05, 0) is 32.8 Å². The summed E-state index contributed by atoms with van der Waals surface area (Å²) in [6.45, 7) is 4.33. The first kappa shape index (κ1) is 13.9. The molecule has 1 saturated carbocycles. The van der Waals surface area contributed by atoms with Crippen LogP contribution in [0.3, 0.4) is 0 Å². The average Bonchev–Trinajstić information content (AvgIpc) is 2.94. The Hall–Kier alpha value is -2.77. The molecule has 0 spiro atoms. The fourth-order valence-corrected chi connectivity index (χ4v) is 2.89. The van der Waals surface area contributed by atoms with Crippen molar-refractivity contribution in [1.82, 2.24) is 19.7 Å². The molecule has 2 aliphatic rings. The predicted octanol–water partition coefficient (Wildman–Crippen LogP) is 2.27. The molecule has 2 amide bonds. The molecule has 4 N–H and O–H groups in total. The average molecular weight is 313 g/mol. The van der Waals surface area contributed by atoms with Crippen molar-refractivity contribution in [1.29, 1.82) is 5.41 Å². The van der Waals surface area contributed by atoms with Crippen LogP contribution in [-0.4, -0.2) is 38.2 Å². The first-order chi connectivity index (χ1) is 11.0. The molecule has 0 atom stereocenters. The van der Waals surface area contributed by atoms with Crippen molar-refractivity contribution in [3.8, 4) is 0 Å². The number of amides is 2. The monoisotopic (exact) mass is 313 g/mol. The number of fused-ring (bicyclic) bond motifs is 1. The van der Waals surface area contributed by atoms with Crippen LogP contribution in [-0.2, 0) is 5.54 Å². The van der Waals surface area contributed by atoms with Crippen molar-refractivity contribution in [2.24, 2.45) is 0 Å². The van der Waals surface area contributed by atoms with Crippen LogP contribution >= 0.6 is 0 Å². The fourth-order valence-electron chi connectivity index (χ4n) is 2.89. The highest BCUT2D eigenvalue weighted by Gasteiger charge is 2.42. The first-order valence-electron chi connectivity index (χ1n) is 7.63. The van der Waals surface area contributed by atoms with Crippen molar-refractivity contribution in [2.75, 3.05) is 17.3 Å². The van der Waals surface area contributed by atoms with Crippen molar-refractivity contribution in [3.05, 3.63) is 29.6 Å². The molecule has 0 unspecified atom stereocenters. The number of nitrogens with one attached hydrogen (secondary N) is 4. The third kappa shape index (κ3) is 2.18. The smallest absolute Gasteiger partial charge is 0.330 e. The Morgan fingerprint density at radius 1 is 1.48 bits per heavy atom. The van der Waals surface area contributed by atoms with Gasteiger partial charge in [-0.2, -0.15) is 5.10 Å². The molecule has 1 aliphatic heterocycles. The van der Waals surface area contributed by atoms with E-state index in [4.69, 9.17) is 5.41 Å².